The quantitative estimate of drug-likeness (QED) is 0.864. The van der Waals surface area contributed by atoms with E-state index in [9.17, 15) is 9.90 Å². The van der Waals surface area contributed by atoms with E-state index >= 15 is 0 Å². The van der Waals surface area contributed by atoms with E-state index in [0.29, 0.717) is 6.54 Å². The average Bonchev–Trinajstić information content (AvgIpc) is 2.37. The smallest absolute Gasteiger partial charge is 0.241 e. The summed E-state index contributed by atoms with van der Waals surface area (Å²) >= 11 is 3.54. The molecule has 0 saturated carbocycles. The van der Waals surface area contributed by atoms with E-state index in [1.165, 1.54) is 0 Å². The highest BCUT2D eigenvalue weighted by atomic mass is 79.9. The van der Waals surface area contributed by atoms with Crippen LogP contribution in [0.25, 0.3) is 0 Å². The van der Waals surface area contributed by atoms with Crippen molar-refractivity contribution in [2.24, 2.45) is 0 Å². The number of likely N-dealkylation sites (N-methyl/N-ethyl adjacent to an activating group) is 1. The lowest BCUT2D eigenvalue weighted by Crippen LogP contribution is -2.37. The first-order chi connectivity index (χ1) is 9.36. The molecule has 1 N–H and O–H groups in total. The van der Waals surface area contributed by atoms with Gasteiger partial charge in [0.15, 0.2) is 0 Å². The summed E-state index contributed by atoms with van der Waals surface area (Å²) < 4.78 is 0.899. The third-order valence-electron chi connectivity index (χ3n) is 3.11. The Morgan fingerprint density at radius 3 is 2.50 bits per heavy atom. The van der Waals surface area contributed by atoms with Crippen LogP contribution in [0.3, 0.4) is 0 Å². The number of aliphatic hydroxyl groups excluding tert-OH is 1. The fraction of sp³-hybridized carbons (Fsp3) is 0.533. The van der Waals surface area contributed by atoms with Gasteiger partial charge in [0.2, 0.25) is 5.91 Å². The monoisotopic (exact) mass is 342 g/mol. The summed E-state index contributed by atoms with van der Waals surface area (Å²) in [5.74, 6) is 0.0740. The number of carbonyl (C=O) groups is 1. The Morgan fingerprint density at radius 1 is 1.40 bits per heavy atom. The normalized spacial score (nSPS) is 12.1. The molecule has 0 fully saturated rings. The lowest BCUT2D eigenvalue weighted by molar-refractivity contribution is -0.127. The zero-order chi connectivity index (χ0) is 15.3. The number of hydrogen-bond acceptors (Lipinski definition) is 3. The molecule has 1 rings (SSSR count). The van der Waals surface area contributed by atoms with Gasteiger partial charge in [0.05, 0.1) is 18.3 Å². The maximum Gasteiger partial charge on any atom is 0.241 e. The third-order valence-corrected chi connectivity index (χ3v) is 3.75. The summed E-state index contributed by atoms with van der Waals surface area (Å²) in [7, 11) is 3.52. The number of benzene rings is 1. The van der Waals surface area contributed by atoms with Crippen molar-refractivity contribution in [1.82, 2.24) is 4.90 Å². The fourth-order valence-corrected chi connectivity index (χ4v) is 2.55. The second kappa shape index (κ2) is 7.64. The number of rotatable bonds is 6. The van der Waals surface area contributed by atoms with Crippen molar-refractivity contribution >= 4 is 27.5 Å². The number of amides is 1. The molecule has 1 amide bonds. The maximum absolute atomic E-state index is 11.9. The van der Waals surface area contributed by atoms with E-state index in [0.717, 1.165) is 28.7 Å². The summed E-state index contributed by atoms with van der Waals surface area (Å²) in [5, 5.41) is 9.60. The molecule has 0 aliphatic carbocycles. The van der Waals surface area contributed by atoms with Gasteiger partial charge in [0, 0.05) is 25.1 Å². The number of aliphatic hydroxyl groups is 1. The van der Waals surface area contributed by atoms with Crippen molar-refractivity contribution in [3.8, 4) is 0 Å². The minimum atomic E-state index is -0.497. The molecule has 1 aromatic carbocycles. The van der Waals surface area contributed by atoms with Crippen molar-refractivity contribution in [2.75, 3.05) is 32.1 Å². The van der Waals surface area contributed by atoms with E-state index in [2.05, 4.69) is 27.8 Å². The van der Waals surface area contributed by atoms with E-state index in [1.807, 2.05) is 18.2 Å². The number of halogens is 1. The second-order valence-electron chi connectivity index (χ2n) is 5.10. The van der Waals surface area contributed by atoms with Crippen LogP contribution < -0.4 is 4.90 Å². The number of carbonyl (C=O) groups excluding carboxylic acids is 1. The maximum atomic E-state index is 11.9. The van der Waals surface area contributed by atoms with Gasteiger partial charge in [-0.3, -0.25) is 4.79 Å². The molecule has 0 heterocycles. The first-order valence-corrected chi connectivity index (χ1v) is 7.58. The Labute approximate surface area is 129 Å². The molecular weight excluding hydrogens is 320 g/mol. The number of hydrogen-bond donors (Lipinski definition) is 1. The molecule has 0 aliphatic rings. The van der Waals surface area contributed by atoms with Crippen LogP contribution in [0.5, 0.6) is 0 Å². The Hall–Kier alpha value is -1.07. The highest BCUT2D eigenvalue weighted by Crippen LogP contribution is 2.29. The molecule has 0 unspecified atom stereocenters. The lowest BCUT2D eigenvalue weighted by Gasteiger charge is -2.26. The van der Waals surface area contributed by atoms with Crippen LogP contribution in [-0.2, 0) is 4.79 Å². The van der Waals surface area contributed by atoms with Crippen molar-refractivity contribution in [3.63, 3.8) is 0 Å². The van der Waals surface area contributed by atoms with Crippen LogP contribution in [0, 0.1) is 0 Å². The Bertz CT molecular complexity index is 461. The van der Waals surface area contributed by atoms with Gasteiger partial charge in [-0.05, 0) is 47.0 Å². The molecule has 0 aromatic heterocycles. The first-order valence-electron chi connectivity index (χ1n) is 6.79. The zero-order valence-corrected chi connectivity index (χ0v) is 14.1. The Balaban J connectivity index is 2.99. The molecule has 0 saturated heterocycles. The molecule has 0 bridgehead atoms. The van der Waals surface area contributed by atoms with Gasteiger partial charge in [0.1, 0.15) is 0 Å². The van der Waals surface area contributed by atoms with Crippen LogP contribution >= 0.6 is 15.9 Å². The van der Waals surface area contributed by atoms with Crippen LogP contribution in [-0.4, -0.2) is 43.1 Å². The van der Waals surface area contributed by atoms with Crippen LogP contribution in [0.4, 0.5) is 5.69 Å². The summed E-state index contributed by atoms with van der Waals surface area (Å²) in [6.07, 6.45) is 0.467. The van der Waals surface area contributed by atoms with Crippen LogP contribution in [0.2, 0.25) is 0 Å². The molecule has 20 heavy (non-hydrogen) atoms. The van der Waals surface area contributed by atoms with Crippen molar-refractivity contribution in [1.29, 1.82) is 0 Å². The number of anilines is 1. The second-order valence-corrected chi connectivity index (χ2v) is 5.95. The number of nitrogens with zero attached hydrogens (tertiary/aromatic N) is 2. The molecule has 1 atom stereocenters. The topological polar surface area (TPSA) is 43.8 Å². The van der Waals surface area contributed by atoms with Gasteiger partial charge in [-0.1, -0.05) is 13.0 Å². The molecule has 0 spiro atoms. The predicted molar refractivity (Wildman–Crippen MR) is 86.0 cm³/mol. The molecule has 4 nitrogen and oxygen atoms in total. The van der Waals surface area contributed by atoms with Crippen molar-refractivity contribution in [2.45, 2.75) is 26.4 Å². The van der Waals surface area contributed by atoms with E-state index in [4.69, 9.17) is 0 Å². The molecule has 5 heteroatoms. The zero-order valence-electron chi connectivity index (χ0n) is 12.6. The third kappa shape index (κ3) is 4.49. The summed E-state index contributed by atoms with van der Waals surface area (Å²) in [6, 6.07) is 5.75. The van der Waals surface area contributed by atoms with Crippen LogP contribution in [0.1, 0.15) is 31.9 Å². The summed E-state index contributed by atoms with van der Waals surface area (Å²) in [4.78, 5) is 15.6. The predicted octanol–water partition coefficient (Wildman–Crippen LogP) is 2.81. The van der Waals surface area contributed by atoms with E-state index in [-0.39, 0.29) is 5.91 Å². The largest absolute Gasteiger partial charge is 0.389 e. The van der Waals surface area contributed by atoms with Gasteiger partial charge < -0.3 is 14.9 Å². The Kier molecular flexibility index (Phi) is 6.49. The average molecular weight is 343 g/mol. The Morgan fingerprint density at radius 2 is 2.05 bits per heavy atom. The SMILES string of the molecule is CCCN(CC(=O)N(C)C)c1ccc([C@@H](C)O)cc1Br. The molecule has 0 aliphatic heterocycles. The highest BCUT2D eigenvalue weighted by molar-refractivity contribution is 9.10. The standard InChI is InChI=1S/C15H23BrN2O2/c1-5-8-18(10-15(20)17(3)4)14-7-6-12(11(2)19)9-13(14)16/h6-7,9,11,19H,5,8,10H2,1-4H3/t11-/m1/s1. The first kappa shape index (κ1) is 17.0. The molecule has 1 aromatic rings. The summed E-state index contributed by atoms with van der Waals surface area (Å²) in [6.45, 7) is 4.99. The van der Waals surface area contributed by atoms with E-state index < -0.39 is 6.10 Å². The summed E-state index contributed by atoms with van der Waals surface area (Å²) in [5.41, 5.74) is 1.84. The van der Waals surface area contributed by atoms with Gasteiger partial charge in [-0.2, -0.15) is 0 Å². The van der Waals surface area contributed by atoms with Crippen LogP contribution in [0.15, 0.2) is 22.7 Å². The van der Waals surface area contributed by atoms with Crippen molar-refractivity contribution < 1.29 is 9.90 Å². The molecular formula is C15H23BrN2O2. The minimum absolute atomic E-state index is 0.0740. The lowest BCUT2D eigenvalue weighted by atomic mass is 10.1. The minimum Gasteiger partial charge on any atom is -0.389 e. The van der Waals surface area contributed by atoms with E-state index in [1.54, 1.807) is 25.9 Å². The highest BCUT2D eigenvalue weighted by Gasteiger charge is 2.15. The molecule has 112 valence electrons. The van der Waals surface area contributed by atoms with Gasteiger partial charge in [0.25, 0.3) is 0 Å². The fourth-order valence-electron chi connectivity index (χ4n) is 1.90. The molecule has 0 radical (unpaired) electrons. The van der Waals surface area contributed by atoms with Gasteiger partial charge >= 0.3 is 0 Å². The van der Waals surface area contributed by atoms with Crippen molar-refractivity contribution in [3.05, 3.63) is 28.2 Å². The van der Waals surface area contributed by atoms with Gasteiger partial charge in [-0.15, -0.1) is 0 Å². The van der Waals surface area contributed by atoms with Gasteiger partial charge in [-0.25, -0.2) is 0 Å².